The van der Waals surface area contributed by atoms with Crippen molar-refractivity contribution in [3.63, 3.8) is 0 Å². The summed E-state index contributed by atoms with van der Waals surface area (Å²) in [7, 11) is 0. The number of carbonyl (C=O) groups is 1. The highest BCUT2D eigenvalue weighted by Crippen LogP contribution is 2.37. The van der Waals surface area contributed by atoms with E-state index in [0.717, 1.165) is 12.1 Å². The number of hydrogen-bond donors (Lipinski definition) is 0. The zero-order valence-electron chi connectivity index (χ0n) is 12.8. The van der Waals surface area contributed by atoms with E-state index in [9.17, 15) is 13.6 Å². The number of benzene rings is 1. The van der Waals surface area contributed by atoms with Crippen molar-refractivity contribution in [1.82, 2.24) is 0 Å². The molecular formula is C16H19F2NO2. The highest BCUT2D eigenvalue weighted by atomic mass is 19.1. The summed E-state index contributed by atoms with van der Waals surface area (Å²) in [6.45, 7) is 8.78. The molecule has 21 heavy (non-hydrogen) atoms. The van der Waals surface area contributed by atoms with Crippen LogP contribution >= 0.6 is 0 Å². The number of fused-ring (bicyclic) bond motifs is 1. The predicted molar refractivity (Wildman–Crippen MR) is 78.2 cm³/mol. The summed E-state index contributed by atoms with van der Waals surface area (Å²) in [5.74, 6) is -1.43. The lowest BCUT2D eigenvalue weighted by Gasteiger charge is -2.40. The van der Waals surface area contributed by atoms with Gasteiger partial charge in [0, 0.05) is 11.6 Å². The van der Waals surface area contributed by atoms with Crippen molar-refractivity contribution in [2.75, 3.05) is 4.90 Å². The van der Waals surface area contributed by atoms with Gasteiger partial charge in [-0.3, -0.25) is 4.90 Å². The topological polar surface area (TPSA) is 29.5 Å². The molecule has 3 nitrogen and oxygen atoms in total. The first-order chi connectivity index (χ1) is 9.51. The lowest BCUT2D eigenvalue weighted by molar-refractivity contribution is 0.0556. The number of ether oxygens (including phenoxy) is 1. The van der Waals surface area contributed by atoms with Crippen molar-refractivity contribution in [2.24, 2.45) is 0 Å². The lowest BCUT2D eigenvalue weighted by Crippen LogP contribution is -2.50. The van der Waals surface area contributed by atoms with Crippen molar-refractivity contribution in [3.8, 4) is 0 Å². The van der Waals surface area contributed by atoms with Crippen molar-refractivity contribution >= 4 is 17.9 Å². The van der Waals surface area contributed by atoms with Gasteiger partial charge in [0.15, 0.2) is 0 Å². The third-order valence-corrected chi connectivity index (χ3v) is 3.12. The Morgan fingerprint density at radius 2 is 1.86 bits per heavy atom. The Hall–Kier alpha value is -1.91. The minimum Gasteiger partial charge on any atom is -0.443 e. The SMILES string of the molecule is CC(C)(C)OC(=O)N1c2cc(F)cc(F)c2C=CC1(C)C. The minimum absolute atomic E-state index is 0.175. The van der Waals surface area contributed by atoms with E-state index in [1.807, 2.05) is 0 Å². The largest absolute Gasteiger partial charge is 0.443 e. The van der Waals surface area contributed by atoms with Crippen LogP contribution in [0.1, 0.15) is 40.2 Å². The molecule has 1 aliphatic heterocycles. The van der Waals surface area contributed by atoms with E-state index in [4.69, 9.17) is 4.74 Å². The second-order valence-corrected chi connectivity index (χ2v) is 6.62. The van der Waals surface area contributed by atoms with Crippen LogP contribution in [0.4, 0.5) is 19.3 Å². The fraction of sp³-hybridized carbons (Fsp3) is 0.438. The molecule has 0 unspecified atom stereocenters. The molecule has 0 atom stereocenters. The molecule has 0 N–H and O–H groups in total. The lowest BCUT2D eigenvalue weighted by atomic mass is 9.94. The van der Waals surface area contributed by atoms with Gasteiger partial charge in [0.25, 0.3) is 0 Å². The molecule has 1 aromatic carbocycles. The third-order valence-electron chi connectivity index (χ3n) is 3.12. The van der Waals surface area contributed by atoms with Crippen LogP contribution in [-0.2, 0) is 4.74 Å². The van der Waals surface area contributed by atoms with Gasteiger partial charge >= 0.3 is 6.09 Å². The van der Waals surface area contributed by atoms with Crippen LogP contribution in [-0.4, -0.2) is 17.2 Å². The number of carbonyl (C=O) groups excluding carboxylic acids is 1. The summed E-state index contributed by atoms with van der Waals surface area (Å²) in [6, 6.07) is 1.95. The number of anilines is 1. The molecular weight excluding hydrogens is 276 g/mol. The summed E-state index contributed by atoms with van der Waals surface area (Å²) < 4.78 is 32.8. The van der Waals surface area contributed by atoms with Crippen LogP contribution in [0.2, 0.25) is 0 Å². The van der Waals surface area contributed by atoms with E-state index in [0.29, 0.717) is 0 Å². The van der Waals surface area contributed by atoms with Gasteiger partial charge in [-0.1, -0.05) is 12.2 Å². The summed E-state index contributed by atoms with van der Waals surface area (Å²) in [5, 5.41) is 0. The Kier molecular flexibility index (Phi) is 3.56. The summed E-state index contributed by atoms with van der Waals surface area (Å²) >= 11 is 0. The van der Waals surface area contributed by atoms with Crippen LogP contribution in [0.5, 0.6) is 0 Å². The second-order valence-electron chi connectivity index (χ2n) is 6.62. The first kappa shape index (κ1) is 15.5. The Labute approximate surface area is 123 Å². The van der Waals surface area contributed by atoms with E-state index in [1.54, 1.807) is 46.8 Å². The Morgan fingerprint density at radius 3 is 2.43 bits per heavy atom. The molecule has 1 amide bonds. The van der Waals surface area contributed by atoms with Crippen LogP contribution in [0, 0.1) is 11.6 Å². The van der Waals surface area contributed by atoms with Gasteiger partial charge in [-0.15, -0.1) is 0 Å². The summed E-state index contributed by atoms with van der Waals surface area (Å²) in [6.07, 6.45) is 2.62. The van der Waals surface area contributed by atoms with Crippen LogP contribution in [0.3, 0.4) is 0 Å². The number of amides is 1. The van der Waals surface area contributed by atoms with Crippen LogP contribution in [0.15, 0.2) is 18.2 Å². The average molecular weight is 295 g/mol. The van der Waals surface area contributed by atoms with E-state index >= 15 is 0 Å². The molecule has 114 valence electrons. The first-order valence-corrected chi connectivity index (χ1v) is 6.73. The van der Waals surface area contributed by atoms with Gasteiger partial charge in [0.1, 0.15) is 17.2 Å². The zero-order valence-corrected chi connectivity index (χ0v) is 12.8. The van der Waals surface area contributed by atoms with E-state index in [1.165, 1.54) is 4.90 Å². The third kappa shape index (κ3) is 3.06. The molecule has 0 saturated carbocycles. The Bertz CT molecular complexity index is 615. The quantitative estimate of drug-likeness (QED) is 0.704. The maximum atomic E-state index is 13.9. The molecule has 1 aromatic rings. The first-order valence-electron chi connectivity index (χ1n) is 6.73. The molecule has 0 aromatic heterocycles. The molecule has 0 radical (unpaired) electrons. The van der Waals surface area contributed by atoms with Crippen LogP contribution in [0.25, 0.3) is 6.08 Å². The van der Waals surface area contributed by atoms with E-state index in [-0.39, 0.29) is 11.3 Å². The zero-order chi connectivity index (χ0) is 16.0. The molecule has 0 aliphatic carbocycles. The van der Waals surface area contributed by atoms with Gasteiger partial charge in [-0.05, 0) is 40.7 Å². The Morgan fingerprint density at radius 1 is 1.24 bits per heavy atom. The summed E-state index contributed by atoms with van der Waals surface area (Å²) in [5.41, 5.74) is -1.08. The predicted octanol–water partition coefficient (Wildman–Crippen LogP) is 4.51. The minimum atomic E-state index is -0.741. The number of nitrogens with zero attached hydrogens (tertiary/aromatic N) is 1. The van der Waals surface area contributed by atoms with E-state index < -0.39 is 28.9 Å². The molecule has 5 heteroatoms. The van der Waals surface area contributed by atoms with Crippen molar-refractivity contribution in [2.45, 2.75) is 45.8 Å². The molecule has 0 saturated heterocycles. The molecule has 2 rings (SSSR count). The number of halogens is 2. The molecule has 1 aliphatic rings. The molecule has 0 spiro atoms. The fourth-order valence-electron chi connectivity index (χ4n) is 2.23. The summed E-state index contributed by atoms with van der Waals surface area (Å²) in [4.78, 5) is 13.7. The second kappa shape index (κ2) is 4.83. The highest BCUT2D eigenvalue weighted by Gasteiger charge is 2.38. The maximum absolute atomic E-state index is 13.9. The van der Waals surface area contributed by atoms with Gasteiger partial charge in [-0.25, -0.2) is 13.6 Å². The molecule has 0 fully saturated rings. The van der Waals surface area contributed by atoms with Gasteiger partial charge in [0.2, 0.25) is 0 Å². The number of rotatable bonds is 0. The number of hydrogen-bond acceptors (Lipinski definition) is 2. The van der Waals surface area contributed by atoms with Crippen LogP contribution < -0.4 is 4.90 Å². The normalized spacial score (nSPS) is 16.6. The maximum Gasteiger partial charge on any atom is 0.415 e. The fourth-order valence-corrected chi connectivity index (χ4v) is 2.23. The molecule has 1 heterocycles. The van der Waals surface area contributed by atoms with Crippen molar-refractivity contribution in [3.05, 3.63) is 35.4 Å². The smallest absolute Gasteiger partial charge is 0.415 e. The van der Waals surface area contributed by atoms with Gasteiger partial charge in [-0.2, -0.15) is 0 Å². The van der Waals surface area contributed by atoms with Gasteiger partial charge in [0.05, 0.1) is 11.2 Å². The monoisotopic (exact) mass is 295 g/mol. The van der Waals surface area contributed by atoms with Gasteiger partial charge < -0.3 is 4.74 Å². The highest BCUT2D eigenvalue weighted by molar-refractivity contribution is 5.95. The molecule has 0 bridgehead atoms. The van der Waals surface area contributed by atoms with Crippen molar-refractivity contribution < 1.29 is 18.3 Å². The Balaban J connectivity index is 2.54. The average Bonchev–Trinajstić information content (AvgIpc) is 2.23. The van der Waals surface area contributed by atoms with E-state index in [2.05, 4.69) is 0 Å². The van der Waals surface area contributed by atoms with Crippen molar-refractivity contribution in [1.29, 1.82) is 0 Å². The standard InChI is InChI=1S/C16H19F2NO2/c1-15(2,3)21-14(20)19-13-9-10(17)8-12(18)11(13)6-7-16(19,4)5/h6-9H,1-5H3.